The average molecular weight is 260 g/mol. The van der Waals surface area contributed by atoms with Crippen molar-refractivity contribution in [1.82, 2.24) is 9.55 Å². The van der Waals surface area contributed by atoms with E-state index < -0.39 is 34.1 Å². The van der Waals surface area contributed by atoms with Gasteiger partial charge in [-0.1, -0.05) is 0 Å². The largest absolute Gasteiger partial charge is 0.395 e. The van der Waals surface area contributed by atoms with E-state index in [-0.39, 0.29) is 6.61 Å². The highest BCUT2D eigenvalue weighted by atomic mass is 32.2. The number of aliphatic hydroxyl groups is 3. The predicted molar refractivity (Wildman–Crippen MR) is 60.8 cm³/mol. The van der Waals surface area contributed by atoms with Crippen LogP contribution in [0.4, 0.5) is 0 Å². The van der Waals surface area contributed by atoms with E-state index in [0.717, 1.165) is 22.4 Å². The fourth-order valence-corrected chi connectivity index (χ4v) is 3.12. The molecule has 7 nitrogen and oxygen atoms in total. The van der Waals surface area contributed by atoms with Gasteiger partial charge < -0.3 is 15.3 Å². The highest BCUT2D eigenvalue weighted by molar-refractivity contribution is 8.00. The first-order valence-corrected chi connectivity index (χ1v) is 5.93. The summed E-state index contributed by atoms with van der Waals surface area (Å²) in [6, 6.07) is 1.16. The van der Waals surface area contributed by atoms with Gasteiger partial charge in [0.25, 0.3) is 5.56 Å². The molecule has 4 N–H and O–H groups in total. The third-order valence-corrected chi connectivity index (χ3v) is 4.20. The minimum atomic E-state index is -1.17. The van der Waals surface area contributed by atoms with Crippen LogP contribution in [0.25, 0.3) is 0 Å². The number of rotatable bonds is 2. The van der Waals surface area contributed by atoms with Crippen LogP contribution in [-0.2, 0) is 0 Å². The van der Waals surface area contributed by atoms with E-state index in [0.29, 0.717) is 0 Å². The van der Waals surface area contributed by atoms with E-state index in [1.807, 2.05) is 0 Å². The van der Waals surface area contributed by atoms with Crippen molar-refractivity contribution in [3.8, 4) is 0 Å². The molecule has 0 bridgehead atoms. The van der Waals surface area contributed by atoms with Gasteiger partial charge in [0.05, 0.1) is 18.0 Å². The quantitative estimate of drug-likeness (QED) is 0.482. The van der Waals surface area contributed by atoms with Crippen LogP contribution in [-0.4, -0.2) is 48.9 Å². The molecule has 2 rings (SSSR count). The molecule has 1 aliphatic heterocycles. The molecule has 2 heterocycles. The Kier molecular flexibility index (Phi) is 3.38. The van der Waals surface area contributed by atoms with Crippen molar-refractivity contribution >= 4 is 11.8 Å². The molecule has 1 aromatic heterocycles. The van der Waals surface area contributed by atoms with Crippen LogP contribution in [0.1, 0.15) is 5.37 Å². The third-order valence-electron chi connectivity index (χ3n) is 2.64. The van der Waals surface area contributed by atoms with E-state index in [9.17, 15) is 19.8 Å². The summed E-state index contributed by atoms with van der Waals surface area (Å²) in [5.74, 6) is 0. The number of nitrogens with zero attached hydrogens (tertiary/aromatic N) is 1. The van der Waals surface area contributed by atoms with Crippen LogP contribution in [0, 0.1) is 0 Å². The molecule has 8 heteroatoms. The summed E-state index contributed by atoms with van der Waals surface area (Å²) < 4.78 is 1.13. The van der Waals surface area contributed by atoms with Gasteiger partial charge in [-0.3, -0.25) is 14.3 Å². The number of thioether (sulfide) groups is 1. The normalized spacial score (nSPS) is 32.9. The average Bonchev–Trinajstić information content (AvgIpc) is 2.57. The molecule has 1 saturated heterocycles. The molecule has 0 aromatic carbocycles. The molecule has 1 aromatic rings. The predicted octanol–water partition coefficient (Wildman–Crippen LogP) is -2.14. The maximum Gasteiger partial charge on any atom is 0.329 e. The van der Waals surface area contributed by atoms with E-state index in [2.05, 4.69) is 4.98 Å². The Morgan fingerprint density at radius 3 is 2.59 bits per heavy atom. The van der Waals surface area contributed by atoms with Crippen LogP contribution in [0.3, 0.4) is 0 Å². The topological polar surface area (TPSA) is 116 Å². The molecule has 0 spiro atoms. The van der Waals surface area contributed by atoms with Gasteiger partial charge in [0.2, 0.25) is 0 Å². The lowest BCUT2D eigenvalue weighted by Gasteiger charge is -2.17. The SMILES string of the molecule is O=c1ccn([C@@H]2S[C@@H](CO)[C@H](O)[C@@H]2O)c(=O)[nH]1. The van der Waals surface area contributed by atoms with Crippen LogP contribution >= 0.6 is 11.8 Å². The van der Waals surface area contributed by atoms with E-state index in [1.54, 1.807) is 0 Å². The fourth-order valence-electron chi connectivity index (χ4n) is 1.74. The maximum absolute atomic E-state index is 11.5. The van der Waals surface area contributed by atoms with Gasteiger partial charge in [0, 0.05) is 12.3 Å². The molecule has 94 valence electrons. The highest BCUT2D eigenvalue weighted by Crippen LogP contribution is 2.40. The smallest absolute Gasteiger partial charge is 0.329 e. The number of nitrogens with one attached hydrogen (secondary N) is 1. The van der Waals surface area contributed by atoms with Crippen LogP contribution in [0.15, 0.2) is 21.9 Å². The number of aromatic nitrogens is 2. The minimum absolute atomic E-state index is 0.294. The van der Waals surface area contributed by atoms with E-state index >= 15 is 0 Å². The Labute approximate surface area is 99.7 Å². The van der Waals surface area contributed by atoms with Gasteiger partial charge in [0.15, 0.2) is 0 Å². The molecule has 1 fully saturated rings. The van der Waals surface area contributed by atoms with Crippen molar-refractivity contribution in [3.05, 3.63) is 33.1 Å². The zero-order valence-electron chi connectivity index (χ0n) is 8.68. The van der Waals surface area contributed by atoms with Gasteiger partial charge in [-0.25, -0.2) is 4.79 Å². The molecule has 0 radical (unpaired) electrons. The minimum Gasteiger partial charge on any atom is -0.395 e. The Balaban J connectivity index is 2.35. The number of hydrogen-bond acceptors (Lipinski definition) is 6. The first kappa shape index (κ1) is 12.4. The number of aliphatic hydroxyl groups excluding tert-OH is 3. The fraction of sp³-hybridized carbons (Fsp3) is 0.556. The lowest BCUT2D eigenvalue weighted by atomic mass is 10.1. The van der Waals surface area contributed by atoms with Crippen molar-refractivity contribution in [2.24, 2.45) is 0 Å². The molecular formula is C9H12N2O5S. The van der Waals surface area contributed by atoms with Crippen LogP contribution in [0.5, 0.6) is 0 Å². The van der Waals surface area contributed by atoms with E-state index in [4.69, 9.17) is 5.11 Å². The van der Waals surface area contributed by atoms with Gasteiger partial charge in [-0.15, -0.1) is 11.8 Å². The van der Waals surface area contributed by atoms with Gasteiger partial charge >= 0.3 is 5.69 Å². The van der Waals surface area contributed by atoms with Crippen LogP contribution < -0.4 is 11.2 Å². The van der Waals surface area contributed by atoms with Gasteiger partial charge in [0.1, 0.15) is 11.5 Å². The Bertz CT molecular complexity index is 513. The molecule has 4 atom stereocenters. The monoisotopic (exact) mass is 260 g/mol. The molecule has 1 aliphatic rings. The molecule has 0 aliphatic carbocycles. The van der Waals surface area contributed by atoms with Crippen molar-refractivity contribution in [3.63, 3.8) is 0 Å². The lowest BCUT2D eigenvalue weighted by molar-refractivity contribution is 0.0101. The summed E-state index contributed by atoms with van der Waals surface area (Å²) >= 11 is 1.09. The zero-order chi connectivity index (χ0) is 12.6. The zero-order valence-corrected chi connectivity index (χ0v) is 9.50. The number of hydrogen-bond donors (Lipinski definition) is 4. The first-order valence-electron chi connectivity index (χ1n) is 4.98. The molecule has 0 saturated carbocycles. The molecule has 0 unspecified atom stereocenters. The van der Waals surface area contributed by atoms with Crippen molar-refractivity contribution < 1.29 is 15.3 Å². The Hall–Kier alpha value is -1.09. The Morgan fingerprint density at radius 1 is 1.35 bits per heavy atom. The van der Waals surface area contributed by atoms with E-state index in [1.165, 1.54) is 6.20 Å². The van der Waals surface area contributed by atoms with Gasteiger partial charge in [-0.2, -0.15) is 0 Å². The lowest BCUT2D eigenvalue weighted by Crippen LogP contribution is -2.37. The summed E-state index contributed by atoms with van der Waals surface area (Å²) in [6.45, 7) is -0.294. The third kappa shape index (κ3) is 2.16. The standard InChI is InChI=1S/C9H12N2O5S/c12-3-4-6(14)7(15)8(17-4)11-2-1-5(13)10-9(11)16/h1-2,4,6-8,12,14-15H,3H2,(H,10,13,16)/t4-,6-,7-,8+/m0/s1. The molecule has 17 heavy (non-hydrogen) atoms. The Morgan fingerprint density at radius 2 is 2.06 bits per heavy atom. The van der Waals surface area contributed by atoms with Crippen LogP contribution in [0.2, 0.25) is 0 Å². The summed E-state index contributed by atoms with van der Waals surface area (Å²) in [5, 5.41) is 27.1. The van der Waals surface area contributed by atoms with Crippen molar-refractivity contribution in [2.45, 2.75) is 22.8 Å². The van der Waals surface area contributed by atoms with Crippen molar-refractivity contribution in [1.29, 1.82) is 0 Å². The second kappa shape index (κ2) is 4.65. The summed E-state index contributed by atoms with van der Waals surface area (Å²) in [7, 11) is 0. The highest BCUT2D eigenvalue weighted by Gasteiger charge is 2.43. The number of aromatic amines is 1. The van der Waals surface area contributed by atoms with Gasteiger partial charge in [-0.05, 0) is 0 Å². The summed E-state index contributed by atoms with van der Waals surface area (Å²) in [5.41, 5.74) is -1.18. The molecular weight excluding hydrogens is 248 g/mol. The second-order valence-electron chi connectivity index (χ2n) is 3.75. The molecule has 0 amide bonds. The first-order chi connectivity index (χ1) is 8.04. The second-order valence-corrected chi connectivity index (χ2v) is 5.11. The maximum atomic E-state index is 11.5. The van der Waals surface area contributed by atoms with Crippen molar-refractivity contribution in [2.75, 3.05) is 6.61 Å². The number of H-pyrrole nitrogens is 1. The summed E-state index contributed by atoms with van der Waals surface area (Å²) in [4.78, 5) is 24.5. The summed E-state index contributed by atoms with van der Waals surface area (Å²) in [6.07, 6.45) is -1.01.